The molecule has 1 aromatic heterocycles. The molecule has 1 rings (SSSR count). The predicted octanol–water partition coefficient (Wildman–Crippen LogP) is -0.512. The van der Waals surface area contributed by atoms with Crippen LogP contribution >= 0.6 is 0 Å². The summed E-state index contributed by atoms with van der Waals surface area (Å²) in [5, 5.41) is 10.7. The smallest absolute Gasteiger partial charge is 0.154 e. The minimum atomic E-state index is 0.737. The summed E-state index contributed by atoms with van der Waals surface area (Å²) in [4.78, 5) is 3.73. The molecule has 1 aromatic rings. The molecule has 0 bridgehead atoms. The van der Waals surface area contributed by atoms with E-state index in [0.29, 0.717) is 0 Å². The second kappa shape index (κ2) is 2.34. The van der Waals surface area contributed by atoms with Crippen molar-refractivity contribution in [3.05, 3.63) is 5.82 Å². The largest absolute Gasteiger partial charge is 0.277 e. The van der Waals surface area contributed by atoms with Crippen molar-refractivity contribution in [1.29, 1.82) is 0 Å². The van der Waals surface area contributed by atoms with E-state index in [1.165, 1.54) is 4.68 Å². The van der Waals surface area contributed by atoms with Gasteiger partial charge >= 0.3 is 0 Å². The van der Waals surface area contributed by atoms with Gasteiger partial charge in [0.05, 0.1) is 0 Å². The third-order valence-electron chi connectivity index (χ3n) is 0.882. The Bertz CT molecular complexity index is 212. The fraction of sp³-hybridized carbons (Fsp3) is 0.500. The lowest BCUT2D eigenvalue weighted by molar-refractivity contribution is 0.824. The van der Waals surface area contributed by atoms with Crippen molar-refractivity contribution >= 4 is 6.34 Å². The summed E-state index contributed by atoms with van der Waals surface area (Å²) < 4.78 is 1.50. The molecule has 0 saturated carbocycles. The van der Waals surface area contributed by atoms with Crippen LogP contribution in [0.2, 0.25) is 0 Å². The van der Waals surface area contributed by atoms with Crippen LogP contribution in [0, 0.1) is 6.92 Å². The Morgan fingerprint density at radius 3 is 2.89 bits per heavy atom. The normalized spacial score (nSPS) is 10.9. The molecule has 0 spiro atoms. The first kappa shape index (κ1) is 5.87. The molecule has 0 aromatic carbocycles. The predicted molar refractivity (Wildman–Crippen MR) is 32.4 cm³/mol. The van der Waals surface area contributed by atoms with Gasteiger partial charge in [0.1, 0.15) is 6.34 Å². The zero-order chi connectivity index (χ0) is 6.69. The molecule has 0 amide bonds. The van der Waals surface area contributed by atoms with Gasteiger partial charge < -0.3 is 0 Å². The van der Waals surface area contributed by atoms with Crippen LogP contribution in [0.3, 0.4) is 0 Å². The number of rotatable bonds is 1. The fourth-order valence-electron chi connectivity index (χ4n) is 0.454. The van der Waals surface area contributed by atoms with Gasteiger partial charge in [0.25, 0.3) is 0 Å². The van der Waals surface area contributed by atoms with Crippen LogP contribution in [0.4, 0.5) is 0 Å². The number of hydrogen-bond acceptors (Lipinski definition) is 4. The minimum absolute atomic E-state index is 0.737. The summed E-state index contributed by atoms with van der Waals surface area (Å²) in [7, 11) is 1.67. The summed E-state index contributed by atoms with van der Waals surface area (Å²) in [6.45, 7) is 1.81. The molecule has 0 fully saturated rings. The first-order valence-corrected chi connectivity index (χ1v) is 2.51. The lowest BCUT2D eigenvalue weighted by atomic mass is 10.7. The van der Waals surface area contributed by atoms with E-state index in [0.717, 1.165) is 5.82 Å². The van der Waals surface area contributed by atoms with Gasteiger partial charge in [-0.1, -0.05) is 0 Å². The van der Waals surface area contributed by atoms with Crippen molar-refractivity contribution < 1.29 is 0 Å². The van der Waals surface area contributed by atoms with E-state index in [1.54, 1.807) is 13.4 Å². The minimum Gasteiger partial charge on any atom is -0.277 e. The first-order valence-electron chi connectivity index (χ1n) is 2.51. The first-order chi connectivity index (χ1) is 4.34. The number of aromatic nitrogens is 4. The quantitative estimate of drug-likeness (QED) is 0.375. The van der Waals surface area contributed by atoms with Gasteiger partial charge in [-0.15, -0.1) is 5.10 Å². The van der Waals surface area contributed by atoms with Crippen molar-refractivity contribution in [2.45, 2.75) is 6.92 Å². The van der Waals surface area contributed by atoms with E-state index in [2.05, 4.69) is 20.5 Å². The lowest BCUT2D eigenvalue weighted by Crippen LogP contribution is -1.99. The van der Waals surface area contributed by atoms with Gasteiger partial charge in [-0.3, -0.25) is 4.99 Å². The highest BCUT2D eigenvalue weighted by molar-refractivity contribution is 5.56. The molecule has 1 heterocycles. The molecule has 48 valence electrons. The zero-order valence-electron chi connectivity index (χ0n) is 5.31. The Morgan fingerprint density at radius 1 is 1.67 bits per heavy atom. The van der Waals surface area contributed by atoms with Crippen molar-refractivity contribution in [2.24, 2.45) is 4.99 Å². The van der Waals surface area contributed by atoms with Crippen LogP contribution in [-0.4, -0.2) is 33.6 Å². The van der Waals surface area contributed by atoms with E-state index in [9.17, 15) is 0 Å². The van der Waals surface area contributed by atoms with E-state index < -0.39 is 0 Å². The van der Waals surface area contributed by atoms with Gasteiger partial charge in [-0.2, -0.15) is 4.68 Å². The summed E-state index contributed by atoms with van der Waals surface area (Å²) in [5.41, 5.74) is 0. The zero-order valence-corrected chi connectivity index (χ0v) is 5.31. The molecular weight excluding hydrogens is 118 g/mol. The SMILES string of the molecule is C/N=C\n1nnnc1C. The van der Waals surface area contributed by atoms with Crippen LogP contribution in [0.25, 0.3) is 0 Å². The standard InChI is InChI=1S/C4H7N5/c1-4-6-7-8-9(4)3-5-2/h3H,1-2H3/b5-3-. The van der Waals surface area contributed by atoms with Crippen LogP contribution in [0.15, 0.2) is 4.99 Å². The van der Waals surface area contributed by atoms with Crippen LogP contribution in [0.5, 0.6) is 0 Å². The highest BCUT2D eigenvalue weighted by Gasteiger charge is 1.92. The van der Waals surface area contributed by atoms with Gasteiger partial charge in [0.15, 0.2) is 5.82 Å². The highest BCUT2D eigenvalue weighted by atomic mass is 15.5. The molecule has 0 atom stereocenters. The number of aliphatic imine (C=N–C) groups is 1. The molecule has 0 aliphatic rings. The number of nitrogens with zero attached hydrogens (tertiary/aromatic N) is 5. The molecule has 0 saturated heterocycles. The Balaban J connectivity index is 2.94. The average Bonchev–Trinajstić information content (AvgIpc) is 2.18. The molecule has 9 heavy (non-hydrogen) atoms. The van der Waals surface area contributed by atoms with E-state index in [4.69, 9.17) is 0 Å². The summed E-state index contributed by atoms with van der Waals surface area (Å²) in [6.07, 6.45) is 1.55. The second-order valence-corrected chi connectivity index (χ2v) is 1.54. The van der Waals surface area contributed by atoms with Crippen molar-refractivity contribution in [3.63, 3.8) is 0 Å². The lowest BCUT2D eigenvalue weighted by Gasteiger charge is -1.85. The molecule has 0 aliphatic heterocycles. The molecule has 0 radical (unpaired) electrons. The number of tetrazole rings is 1. The topological polar surface area (TPSA) is 56.0 Å². The molecular formula is C4H7N5. The van der Waals surface area contributed by atoms with Gasteiger partial charge in [0, 0.05) is 7.05 Å². The molecule has 0 N–H and O–H groups in total. The maximum absolute atomic E-state index is 3.73. The molecule has 0 aliphatic carbocycles. The Kier molecular flexibility index (Phi) is 1.53. The fourth-order valence-corrected chi connectivity index (χ4v) is 0.454. The second-order valence-electron chi connectivity index (χ2n) is 1.54. The Morgan fingerprint density at radius 2 is 2.44 bits per heavy atom. The summed E-state index contributed by atoms with van der Waals surface area (Å²) in [5.74, 6) is 0.737. The van der Waals surface area contributed by atoms with E-state index in [1.807, 2.05) is 6.92 Å². The Labute approximate surface area is 52.4 Å². The van der Waals surface area contributed by atoms with E-state index in [-0.39, 0.29) is 0 Å². The van der Waals surface area contributed by atoms with Crippen molar-refractivity contribution in [1.82, 2.24) is 20.2 Å². The average molecular weight is 125 g/mol. The molecule has 5 nitrogen and oxygen atoms in total. The highest BCUT2D eigenvalue weighted by Crippen LogP contribution is 1.80. The van der Waals surface area contributed by atoms with Gasteiger partial charge in [-0.05, 0) is 17.4 Å². The number of hydrogen-bond donors (Lipinski definition) is 0. The van der Waals surface area contributed by atoms with Gasteiger partial charge in [-0.25, -0.2) is 0 Å². The van der Waals surface area contributed by atoms with Gasteiger partial charge in [0.2, 0.25) is 0 Å². The summed E-state index contributed by atoms with van der Waals surface area (Å²) in [6, 6.07) is 0. The monoisotopic (exact) mass is 125 g/mol. The van der Waals surface area contributed by atoms with Crippen molar-refractivity contribution in [3.8, 4) is 0 Å². The maximum Gasteiger partial charge on any atom is 0.154 e. The Hall–Kier alpha value is -1.26. The van der Waals surface area contributed by atoms with Crippen LogP contribution in [0.1, 0.15) is 5.82 Å². The maximum atomic E-state index is 3.73. The van der Waals surface area contributed by atoms with Crippen LogP contribution < -0.4 is 0 Å². The number of aryl methyl sites for hydroxylation is 1. The third kappa shape index (κ3) is 1.10. The van der Waals surface area contributed by atoms with E-state index >= 15 is 0 Å². The third-order valence-corrected chi connectivity index (χ3v) is 0.882. The summed E-state index contributed by atoms with van der Waals surface area (Å²) >= 11 is 0. The van der Waals surface area contributed by atoms with Crippen LogP contribution in [-0.2, 0) is 0 Å². The van der Waals surface area contributed by atoms with Crippen molar-refractivity contribution in [2.75, 3.05) is 7.05 Å². The molecule has 0 unspecified atom stereocenters. The molecule has 5 heteroatoms.